The van der Waals surface area contributed by atoms with Crippen LogP contribution in [0.3, 0.4) is 0 Å². The van der Waals surface area contributed by atoms with Gasteiger partial charge in [-0.25, -0.2) is 0 Å². The summed E-state index contributed by atoms with van der Waals surface area (Å²) in [4.78, 5) is 24.7. The van der Waals surface area contributed by atoms with Crippen LogP contribution in [0.1, 0.15) is 26.2 Å². The van der Waals surface area contributed by atoms with E-state index in [1.165, 1.54) is 17.9 Å². The summed E-state index contributed by atoms with van der Waals surface area (Å²) in [6, 6.07) is 3.75. The molecule has 0 radical (unpaired) electrons. The zero-order valence-electron chi connectivity index (χ0n) is 15.0. The van der Waals surface area contributed by atoms with Crippen molar-refractivity contribution in [1.29, 1.82) is 0 Å². The Kier molecular flexibility index (Phi) is 5.67. The van der Waals surface area contributed by atoms with Gasteiger partial charge in [0.2, 0.25) is 11.8 Å². The second kappa shape index (κ2) is 7.98. The second-order valence-corrected chi connectivity index (χ2v) is 6.96. The van der Waals surface area contributed by atoms with E-state index in [0.717, 1.165) is 12.8 Å². The van der Waals surface area contributed by atoms with Gasteiger partial charge in [0.05, 0.1) is 6.61 Å². The van der Waals surface area contributed by atoms with E-state index < -0.39 is 18.6 Å². The lowest BCUT2D eigenvalue weighted by Crippen LogP contribution is -2.42. The van der Waals surface area contributed by atoms with Crippen LogP contribution in [0.4, 0.5) is 14.5 Å². The summed E-state index contributed by atoms with van der Waals surface area (Å²) in [6.07, 6.45) is 2.52. The van der Waals surface area contributed by atoms with E-state index in [2.05, 4.69) is 10.1 Å². The molecule has 1 aliphatic carbocycles. The minimum atomic E-state index is -2.94. The first-order valence-corrected chi connectivity index (χ1v) is 8.88. The van der Waals surface area contributed by atoms with Crippen molar-refractivity contribution in [3.63, 3.8) is 0 Å². The highest BCUT2D eigenvalue weighted by Gasteiger charge is 2.37. The Labute approximate surface area is 155 Å². The lowest BCUT2D eigenvalue weighted by atomic mass is 10.1. The molecule has 1 saturated carbocycles. The molecule has 0 aromatic heterocycles. The van der Waals surface area contributed by atoms with Crippen molar-refractivity contribution in [2.45, 2.75) is 44.9 Å². The summed E-state index contributed by atoms with van der Waals surface area (Å²) >= 11 is 0. The van der Waals surface area contributed by atoms with Gasteiger partial charge in [0.1, 0.15) is 6.04 Å². The Balaban J connectivity index is 1.71. The number of nitrogens with zero attached hydrogens (tertiary/aromatic N) is 1. The molecule has 3 rings (SSSR count). The smallest absolute Gasteiger partial charge is 0.387 e. The van der Waals surface area contributed by atoms with Gasteiger partial charge in [0.25, 0.3) is 0 Å². The number of carbonyl (C=O) groups excluding carboxylic acids is 2. The molecule has 2 atom stereocenters. The molecular weight excluding hydrogens is 360 g/mol. The topological polar surface area (TPSA) is 93.9 Å². The molecule has 0 spiro atoms. The average molecular weight is 383 g/mol. The van der Waals surface area contributed by atoms with Crippen molar-refractivity contribution in [3.05, 3.63) is 18.2 Å². The third-order valence-electron chi connectivity index (χ3n) is 4.74. The number of hydrogen-bond donors (Lipinski definition) is 2. The second-order valence-electron chi connectivity index (χ2n) is 6.96. The Hall–Kier alpha value is -2.58. The number of alkyl halides is 2. The van der Waals surface area contributed by atoms with Gasteiger partial charge >= 0.3 is 6.61 Å². The van der Waals surface area contributed by atoms with Crippen LogP contribution in [0, 0.1) is 5.92 Å². The van der Waals surface area contributed by atoms with E-state index in [9.17, 15) is 18.4 Å². The summed E-state index contributed by atoms with van der Waals surface area (Å²) in [7, 11) is 0. The van der Waals surface area contributed by atoms with Crippen LogP contribution in [0.5, 0.6) is 11.5 Å². The fraction of sp³-hybridized carbons (Fsp3) is 0.556. The molecule has 1 saturated heterocycles. The molecule has 9 heteroatoms. The van der Waals surface area contributed by atoms with Crippen molar-refractivity contribution in [1.82, 2.24) is 4.90 Å². The predicted octanol–water partition coefficient (Wildman–Crippen LogP) is 1.96. The van der Waals surface area contributed by atoms with Crippen LogP contribution in [-0.2, 0) is 9.59 Å². The van der Waals surface area contributed by atoms with Crippen molar-refractivity contribution in [2.75, 3.05) is 18.5 Å². The molecule has 2 fully saturated rings. The number of likely N-dealkylation sites (tertiary alicyclic amines) is 1. The van der Waals surface area contributed by atoms with Gasteiger partial charge in [0, 0.05) is 31.3 Å². The Morgan fingerprint density at radius 3 is 2.63 bits per heavy atom. The van der Waals surface area contributed by atoms with Crippen LogP contribution in [0.25, 0.3) is 0 Å². The van der Waals surface area contributed by atoms with Crippen molar-refractivity contribution < 1.29 is 27.8 Å². The van der Waals surface area contributed by atoms with E-state index in [1.807, 2.05) is 0 Å². The largest absolute Gasteiger partial charge is 0.489 e. The fourth-order valence-corrected chi connectivity index (χ4v) is 3.19. The maximum atomic E-state index is 12.6. The highest BCUT2D eigenvalue weighted by molar-refractivity contribution is 5.86. The number of ether oxygens (including phenoxy) is 2. The van der Waals surface area contributed by atoms with Gasteiger partial charge in [-0.1, -0.05) is 0 Å². The third kappa shape index (κ3) is 4.99. The van der Waals surface area contributed by atoms with Crippen LogP contribution < -0.4 is 20.5 Å². The molecule has 1 aromatic rings. The van der Waals surface area contributed by atoms with Gasteiger partial charge in [-0.3, -0.25) is 9.59 Å². The first-order valence-electron chi connectivity index (χ1n) is 8.88. The SMILES string of the molecule is CC(=O)N1C[C@@H](Nc2ccc(OC(F)F)c(OCC3CC3)c2)C[C@H]1C(N)=O. The number of nitrogens with one attached hydrogen (secondary N) is 1. The van der Waals surface area contributed by atoms with Crippen LogP contribution in [0.2, 0.25) is 0 Å². The van der Waals surface area contributed by atoms with Crippen LogP contribution >= 0.6 is 0 Å². The van der Waals surface area contributed by atoms with Crippen molar-refractivity contribution >= 4 is 17.5 Å². The number of primary amides is 1. The van der Waals surface area contributed by atoms with E-state index in [4.69, 9.17) is 10.5 Å². The number of benzene rings is 1. The molecule has 27 heavy (non-hydrogen) atoms. The maximum absolute atomic E-state index is 12.6. The highest BCUT2D eigenvalue weighted by atomic mass is 19.3. The molecule has 148 valence electrons. The maximum Gasteiger partial charge on any atom is 0.387 e. The van der Waals surface area contributed by atoms with E-state index in [0.29, 0.717) is 31.2 Å². The molecule has 7 nitrogen and oxygen atoms in total. The van der Waals surface area contributed by atoms with Gasteiger partial charge in [-0.2, -0.15) is 8.78 Å². The fourth-order valence-electron chi connectivity index (χ4n) is 3.19. The Morgan fingerprint density at radius 1 is 1.33 bits per heavy atom. The summed E-state index contributed by atoms with van der Waals surface area (Å²) in [5.74, 6) is -0.111. The number of carbonyl (C=O) groups is 2. The molecule has 3 N–H and O–H groups in total. The van der Waals surface area contributed by atoms with E-state index in [-0.39, 0.29) is 23.4 Å². The van der Waals surface area contributed by atoms with E-state index in [1.54, 1.807) is 12.1 Å². The number of halogens is 2. The monoisotopic (exact) mass is 383 g/mol. The number of rotatable bonds is 8. The molecule has 1 aromatic carbocycles. The zero-order valence-corrected chi connectivity index (χ0v) is 15.0. The third-order valence-corrected chi connectivity index (χ3v) is 4.74. The first-order chi connectivity index (χ1) is 12.8. The minimum absolute atomic E-state index is 0.0250. The number of amides is 2. The lowest BCUT2D eigenvalue weighted by molar-refractivity contribution is -0.135. The van der Waals surface area contributed by atoms with Gasteiger partial charge < -0.3 is 25.4 Å². The standard InChI is InChI=1S/C18H23F2N3O4/c1-10(24)23-8-13(6-14(23)17(21)25)22-12-4-5-15(27-18(19)20)16(7-12)26-9-11-2-3-11/h4-5,7,11,13-14,18,22H,2-3,6,8-9H2,1H3,(H2,21,25)/t13-,14-/m0/s1. The highest BCUT2D eigenvalue weighted by Crippen LogP contribution is 2.35. The average Bonchev–Trinajstić information content (AvgIpc) is 3.32. The molecule has 1 aliphatic heterocycles. The quantitative estimate of drug-likeness (QED) is 0.716. The molecular formula is C18H23F2N3O4. The van der Waals surface area contributed by atoms with Crippen LogP contribution in [-0.4, -0.2) is 48.6 Å². The van der Waals surface area contributed by atoms with Gasteiger partial charge in [0.15, 0.2) is 11.5 Å². The van der Waals surface area contributed by atoms with Crippen molar-refractivity contribution in [2.24, 2.45) is 11.7 Å². The van der Waals surface area contributed by atoms with Crippen molar-refractivity contribution in [3.8, 4) is 11.5 Å². The minimum Gasteiger partial charge on any atom is -0.489 e. The Bertz CT molecular complexity index is 690. The summed E-state index contributed by atoms with van der Waals surface area (Å²) in [5, 5.41) is 3.21. The van der Waals surface area contributed by atoms with Gasteiger partial charge in [-0.05, 0) is 37.3 Å². The molecule has 1 heterocycles. The molecule has 2 aliphatic rings. The predicted molar refractivity (Wildman–Crippen MR) is 93.7 cm³/mol. The van der Waals surface area contributed by atoms with Crippen LogP contribution in [0.15, 0.2) is 18.2 Å². The Morgan fingerprint density at radius 2 is 2.07 bits per heavy atom. The van der Waals surface area contributed by atoms with Gasteiger partial charge in [-0.15, -0.1) is 0 Å². The number of nitrogens with two attached hydrogens (primary N) is 1. The zero-order chi connectivity index (χ0) is 19.6. The van der Waals surface area contributed by atoms with E-state index >= 15 is 0 Å². The summed E-state index contributed by atoms with van der Waals surface area (Å²) in [6.45, 7) is -0.772. The summed E-state index contributed by atoms with van der Waals surface area (Å²) < 4.78 is 35.4. The summed E-state index contributed by atoms with van der Waals surface area (Å²) in [5.41, 5.74) is 6.00. The number of anilines is 1. The molecule has 0 unspecified atom stereocenters. The normalized spacial score (nSPS) is 22.0. The molecule has 2 amide bonds. The molecule has 0 bridgehead atoms. The first kappa shape index (κ1) is 19.2. The lowest BCUT2D eigenvalue weighted by Gasteiger charge is -2.20. The number of hydrogen-bond acceptors (Lipinski definition) is 5.